The van der Waals surface area contributed by atoms with Gasteiger partial charge in [0.15, 0.2) is 9.84 Å². The molecule has 0 spiro atoms. The molecule has 1 aromatic carbocycles. The summed E-state index contributed by atoms with van der Waals surface area (Å²) < 4.78 is 27.7. The number of sulfone groups is 1. The van der Waals surface area contributed by atoms with Crippen LogP contribution in [0.3, 0.4) is 0 Å². The minimum Gasteiger partial charge on any atom is -0.496 e. The van der Waals surface area contributed by atoms with Crippen LogP contribution in [0.15, 0.2) is 24.3 Å². The van der Waals surface area contributed by atoms with Crippen molar-refractivity contribution >= 4 is 15.9 Å². The topological polar surface area (TPSA) is 84.5 Å². The highest BCUT2D eigenvalue weighted by atomic mass is 32.2. The monoisotopic (exact) mass is 300 g/mol. The summed E-state index contributed by atoms with van der Waals surface area (Å²) in [6, 6.07) is 6.95. The van der Waals surface area contributed by atoms with Gasteiger partial charge in [-0.25, -0.2) is 13.2 Å². The van der Waals surface area contributed by atoms with Gasteiger partial charge in [-0.3, -0.25) is 0 Å². The quantitative estimate of drug-likeness (QED) is 0.784. The van der Waals surface area contributed by atoms with Gasteiger partial charge in [0.1, 0.15) is 5.75 Å². The fourth-order valence-corrected chi connectivity index (χ4v) is 2.25. The van der Waals surface area contributed by atoms with Crippen LogP contribution in [0.2, 0.25) is 0 Å². The zero-order valence-electron chi connectivity index (χ0n) is 11.7. The molecule has 0 heterocycles. The van der Waals surface area contributed by atoms with E-state index in [0.717, 1.165) is 5.56 Å². The molecule has 0 saturated carbocycles. The molecule has 0 unspecified atom stereocenters. The zero-order valence-corrected chi connectivity index (χ0v) is 12.5. The number of urea groups is 1. The first-order valence-corrected chi connectivity index (χ1v) is 8.14. The summed E-state index contributed by atoms with van der Waals surface area (Å²) in [5.41, 5.74) is 0.853. The van der Waals surface area contributed by atoms with Crippen LogP contribution in [0.1, 0.15) is 12.5 Å². The van der Waals surface area contributed by atoms with Crippen LogP contribution in [0.5, 0.6) is 5.75 Å². The fraction of sp³-hybridized carbons (Fsp3) is 0.462. The number of para-hydroxylation sites is 1. The average molecular weight is 300 g/mol. The summed E-state index contributed by atoms with van der Waals surface area (Å²) in [6.07, 6.45) is 0. The summed E-state index contributed by atoms with van der Waals surface area (Å²) in [5.74, 6) is 0.727. The van der Waals surface area contributed by atoms with Crippen LogP contribution in [-0.4, -0.2) is 39.6 Å². The number of methoxy groups -OCH3 is 1. The number of hydrogen-bond acceptors (Lipinski definition) is 4. The van der Waals surface area contributed by atoms with Crippen molar-refractivity contribution in [2.24, 2.45) is 0 Å². The maximum Gasteiger partial charge on any atom is 0.315 e. The Labute approximate surface area is 119 Å². The summed E-state index contributed by atoms with van der Waals surface area (Å²) in [7, 11) is -1.49. The van der Waals surface area contributed by atoms with Crippen molar-refractivity contribution in [3.8, 4) is 5.75 Å². The van der Waals surface area contributed by atoms with Crippen LogP contribution in [0, 0.1) is 0 Å². The highest BCUT2D eigenvalue weighted by Crippen LogP contribution is 2.16. The van der Waals surface area contributed by atoms with Gasteiger partial charge in [-0.2, -0.15) is 0 Å². The van der Waals surface area contributed by atoms with E-state index in [0.29, 0.717) is 12.3 Å². The summed E-state index contributed by atoms with van der Waals surface area (Å²) in [6.45, 7) is 2.00. The van der Waals surface area contributed by atoms with Crippen LogP contribution in [0.25, 0.3) is 0 Å². The minimum absolute atomic E-state index is 0.0500. The third-order valence-corrected chi connectivity index (χ3v) is 4.48. The lowest BCUT2D eigenvalue weighted by Gasteiger charge is -2.10. The molecule has 2 amide bonds. The predicted octanol–water partition coefficient (Wildman–Crippen LogP) is 0.929. The van der Waals surface area contributed by atoms with Crippen LogP contribution >= 0.6 is 0 Å². The molecule has 20 heavy (non-hydrogen) atoms. The highest BCUT2D eigenvalue weighted by Gasteiger charge is 2.08. The second-order valence-corrected chi connectivity index (χ2v) is 6.63. The van der Waals surface area contributed by atoms with E-state index in [9.17, 15) is 13.2 Å². The predicted molar refractivity (Wildman–Crippen MR) is 77.6 cm³/mol. The van der Waals surface area contributed by atoms with Crippen LogP contribution in [-0.2, 0) is 16.4 Å². The van der Waals surface area contributed by atoms with Gasteiger partial charge in [0.05, 0.1) is 12.9 Å². The molecule has 112 valence electrons. The van der Waals surface area contributed by atoms with Crippen molar-refractivity contribution < 1.29 is 17.9 Å². The molecule has 0 atom stereocenters. The van der Waals surface area contributed by atoms with Gasteiger partial charge in [0.25, 0.3) is 0 Å². The summed E-state index contributed by atoms with van der Waals surface area (Å²) in [5, 5.41) is 5.16. The van der Waals surface area contributed by atoms with Crippen molar-refractivity contribution in [3.05, 3.63) is 29.8 Å². The number of rotatable bonds is 7. The molecule has 7 heteroatoms. The zero-order chi connectivity index (χ0) is 15.0. The Hall–Kier alpha value is -1.76. The molecular weight excluding hydrogens is 280 g/mol. The third kappa shape index (κ3) is 5.48. The Kier molecular flexibility index (Phi) is 6.30. The lowest BCUT2D eigenvalue weighted by molar-refractivity contribution is 0.241. The number of carbonyl (C=O) groups excluding carboxylic acids is 1. The second kappa shape index (κ2) is 7.74. The van der Waals surface area contributed by atoms with E-state index in [-0.39, 0.29) is 18.1 Å². The molecule has 0 radical (unpaired) electrons. The molecule has 1 aromatic rings. The number of benzene rings is 1. The molecule has 6 nitrogen and oxygen atoms in total. The Morgan fingerprint density at radius 2 is 1.95 bits per heavy atom. The van der Waals surface area contributed by atoms with E-state index in [2.05, 4.69) is 10.6 Å². The number of nitrogens with one attached hydrogen (secondary N) is 2. The molecule has 0 aliphatic carbocycles. The normalized spacial score (nSPS) is 10.9. The van der Waals surface area contributed by atoms with Gasteiger partial charge >= 0.3 is 6.03 Å². The largest absolute Gasteiger partial charge is 0.496 e. The molecule has 0 bridgehead atoms. The molecule has 2 N–H and O–H groups in total. The lowest BCUT2D eigenvalue weighted by Crippen LogP contribution is -2.37. The van der Waals surface area contributed by atoms with E-state index < -0.39 is 15.9 Å². The van der Waals surface area contributed by atoms with Crippen molar-refractivity contribution in [3.63, 3.8) is 0 Å². The van der Waals surface area contributed by atoms with E-state index in [1.807, 2.05) is 24.3 Å². The van der Waals surface area contributed by atoms with E-state index in [1.165, 1.54) is 0 Å². The van der Waals surface area contributed by atoms with Crippen LogP contribution < -0.4 is 15.4 Å². The van der Waals surface area contributed by atoms with Crippen molar-refractivity contribution in [2.45, 2.75) is 13.5 Å². The van der Waals surface area contributed by atoms with Crippen molar-refractivity contribution in [1.82, 2.24) is 10.6 Å². The van der Waals surface area contributed by atoms with Crippen molar-refractivity contribution in [1.29, 1.82) is 0 Å². The fourth-order valence-electron chi connectivity index (χ4n) is 1.55. The van der Waals surface area contributed by atoms with Gasteiger partial charge in [0, 0.05) is 24.4 Å². The maximum absolute atomic E-state index is 11.5. The molecular formula is C13H20N2O4S. The average Bonchev–Trinajstić information content (AvgIpc) is 2.45. The number of carbonyl (C=O) groups is 1. The first-order valence-electron chi connectivity index (χ1n) is 6.32. The second-order valence-electron chi connectivity index (χ2n) is 4.16. The molecule has 0 saturated heterocycles. The minimum atomic E-state index is -3.06. The molecule has 0 aromatic heterocycles. The lowest BCUT2D eigenvalue weighted by atomic mass is 10.2. The standard InChI is InChI=1S/C13H20N2O4S/c1-3-20(17,18)9-8-14-13(16)15-10-11-6-4-5-7-12(11)19-2/h4-7H,3,8-10H2,1-2H3,(H2,14,15,16). The van der Waals surface area contributed by atoms with Crippen LogP contribution in [0.4, 0.5) is 4.79 Å². The Balaban J connectivity index is 2.37. The van der Waals surface area contributed by atoms with E-state index in [1.54, 1.807) is 14.0 Å². The van der Waals surface area contributed by atoms with Gasteiger partial charge in [-0.05, 0) is 6.07 Å². The first-order chi connectivity index (χ1) is 9.48. The smallest absolute Gasteiger partial charge is 0.315 e. The highest BCUT2D eigenvalue weighted by molar-refractivity contribution is 7.91. The molecule has 0 aliphatic rings. The summed E-state index contributed by atoms with van der Waals surface area (Å²) >= 11 is 0. The molecule has 0 fully saturated rings. The molecule has 1 rings (SSSR count). The number of amides is 2. The number of ether oxygens (including phenoxy) is 1. The summed E-state index contributed by atoms with van der Waals surface area (Å²) in [4.78, 5) is 11.5. The Morgan fingerprint density at radius 1 is 1.25 bits per heavy atom. The van der Waals surface area contributed by atoms with Gasteiger partial charge < -0.3 is 15.4 Å². The van der Waals surface area contributed by atoms with Crippen molar-refractivity contribution in [2.75, 3.05) is 25.2 Å². The number of hydrogen-bond donors (Lipinski definition) is 2. The van der Waals surface area contributed by atoms with E-state index >= 15 is 0 Å². The van der Waals surface area contributed by atoms with E-state index in [4.69, 9.17) is 4.74 Å². The molecule has 0 aliphatic heterocycles. The third-order valence-electron chi connectivity index (χ3n) is 2.77. The van der Waals surface area contributed by atoms with Gasteiger partial charge in [-0.15, -0.1) is 0 Å². The maximum atomic E-state index is 11.5. The Bertz CT molecular complexity index is 543. The first kappa shape index (κ1) is 16.3. The SMILES string of the molecule is CCS(=O)(=O)CCNC(=O)NCc1ccccc1OC. The van der Waals surface area contributed by atoms with Gasteiger partial charge in [-0.1, -0.05) is 25.1 Å². The van der Waals surface area contributed by atoms with Gasteiger partial charge in [0.2, 0.25) is 0 Å². The Morgan fingerprint density at radius 3 is 2.60 bits per heavy atom.